The topological polar surface area (TPSA) is 96.0 Å². The van der Waals surface area contributed by atoms with Crippen LogP contribution < -0.4 is 14.4 Å². The first-order valence-electron chi connectivity index (χ1n) is 14.7. The van der Waals surface area contributed by atoms with Crippen LogP contribution in [0.15, 0.2) is 114 Å². The van der Waals surface area contributed by atoms with Crippen LogP contribution in [0, 0.1) is 0 Å². The van der Waals surface area contributed by atoms with Crippen molar-refractivity contribution in [3.63, 3.8) is 0 Å². The normalized spacial score (nSPS) is 12.5. The molecule has 1 N–H and O–H groups in total. The predicted molar refractivity (Wildman–Crippen MR) is 178 cm³/mol. The number of anilines is 1. The summed E-state index contributed by atoms with van der Waals surface area (Å²) in [5, 5.41) is 3.46. The smallest absolute Gasteiger partial charge is 0.264 e. The number of sulfonamides is 1. The van der Waals surface area contributed by atoms with Gasteiger partial charge in [-0.2, -0.15) is 0 Å². The van der Waals surface area contributed by atoms with Crippen molar-refractivity contribution in [1.29, 1.82) is 0 Å². The highest BCUT2D eigenvalue weighted by Gasteiger charge is 2.35. The first-order valence-corrected chi connectivity index (χ1v) is 16.5. The summed E-state index contributed by atoms with van der Waals surface area (Å²) in [6.07, 6.45) is 0.929. The highest BCUT2D eigenvalue weighted by Crippen LogP contribution is 2.26. The van der Waals surface area contributed by atoms with Crippen LogP contribution >= 0.6 is 11.6 Å². The molecule has 0 unspecified atom stereocenters. The third kappa shape index (κ3) is 8.86. The van der Waals surface area contributed by atoms with Crippen LogP contribution in [0.1, 0.15) is 31.4 Å². The van der Waals surface area contributed by atoms with Gasteiger partial charge in [0, 0.05) is 24.0 Å². The quantitative estimate of drug-likeness (QED) is 0.179. The molecule has 0 spiro atoms. The molecule has 0 aromatic heterocycles. The Kier molecular flexibility index (Phi) is 11.6. The molecular weight excluding hydrogens is 610 g/mol. The summed E-state index contributed by atoms with van der Waals surface area (Å²) < 4.78 is 34.5. The fourth-order valence-corrected chi connectivity index (χ4v) is 6.38. The molecule has 0 aliphatic heterocycles. The minimum Gasteiger partial charge on any atom is -0.497 e. The number of methoxy groups -OCH3 is 1. The number of benzene rings is 4. The average Bonchev–Trinajstić information content (AvgIpc) is 3.06. The Balaban J connectivity index is 1.81. The van der Waals surface area contributed by atoms with Gasteiger partial charge in [0.15, 0.2) is 0 Å². The van der Waals surface area contributed by atoms with E-state index in [0.29, 0.717) is 17.2 Å². The minimum atomic E-state index is -4.18. The minimum absolute atomic E-state index is 0.0300. The second-order valence-corrected chi connectivity index (χ2v) is 13.0. The lowest BCUT2D eigenvalue weighted by Gasteiger charge is -2.34. The van der Waals surface area contributed by atoms with Crippen molar-refractivity contribution in [3.8, 4) is 5.75 Å². The van der Waals surface area contributed by atoms with E-state index in [2.05, 4.69) is 5.32 Å². The van der Waals surface area contributed by atoms with Crippen LogP contribution in [0.2, 0.25) is 5.02 Å². The second-order valence-electron chi connectivity index (χ2n) is 10.7. The van der Waals surface area contributed by atoms with Gasteiger partial charge < -0.3 is 15.0 Å². The largest absolute Gasteiger partial charge is 0.497 e. The molecule has 0 aliphatic carbocycles. The molecule has 0 radical (unpaired) electrons. The lowest BCUT2D eigenvalue weighted by Crippen LogP contribution is -2.54. The summed E-state index contributed by atoms with van der Waals surface area (Å²) in [5.74, 6) is -0.279. The molecular formula is C35H38ClN3O5S. The number of nitrogens with zero attached hydrogens (tertiary/aromatic N) is 2. The zero-order chi connectivity index (χ0) is 32.4. The lowest BCUT2D eigenvalue weighted by molar-refractivity contribution is -0.140. The maximum Gasteiger partial charge on any atom is 0.264 e. The van der Waals surface area contributed by atoms with Gasteiger partial charge in [0.25, 0.3) is 10.0 Å². The molecule has 8 nitrogen and oxygen atoms in total. The van der Waals surface area contributed by atoms with Crippen molar-refractivity contribution in [2.24, 2.45) is 0 Å². The van der Waals surface area contributed by atoms with Crippen molar-refractivity contribution < 1.29 is 22.7 Å². The maximum absolute atomic E-state index is 14.5. The molecule has 2 atom stereocenters. The van der Waals surface area contributed by atoms with Crippen LogP contribution in [0.25, 0.3) is 0 Å². The van der Waals surface area contributed by atoms with Gasteiger partial charge in [-0.1, -0.05) is 79.2 Å². The molecule has 0 fully saturated rings. The van der Waals surface area contributed by atoms with E-state index in [1.54, 1.807) is 61.7 Å². The summed E-state index contributed by atoms with van der Waals surface area (Å²) in [6.45, 7) is 3.36. The van der Waals surface area contributed by atoms with Crippen LogP contribution in [0.5, 0.6) is 5.75 Å². The molecule has 0 saturated heterocycles. The number of carbonyl (C=O) groups excluding carboxylic acids is 2. The van der Waals surface area contributed by atoms with Crippen molar-refractivity contribution in [2.75, 3.05) is 18.0 Å². The molecule has 4 aromatic rings. The van der Waals surface area contributed by atoms with Crippen LogP contribution in [0.4, 0.5) is 5.69 Å². The first-order chi connectivity index (χ1) is 21.6. The predicted octanol–water partition coefficient (Wildman–Crippen LogP) is 6.10. The van der Waals surface area contributed by atoms with E-state index < -0.39 is 28.5 Å². The molecule has 0 aliphatic rings. The fraction of sp³-hybridized carbons (Fsp3) is 0.257. The number of halogens is 1. The maximum atomic E-state index is 14.5. The molecule has 0 heterocycles. The standard InChI is InChI=1S/C35H38ClN3O5S/c1-4-26(2)37-35(41)33(23-27-12-7-5-8-13-27)38(24-28-14-11-15-31(22-28)44-3)34(40)25-39(30-20-18-29(36)19-21-30)45(42,43)32-16-9-6-10-17-32/h5-22,26,33H,4,23-25H2,1-3H3,(H,37,41)/t26-,33-/m0/s1. The number of carbonyl (C=O) groups is 2. The number of hydrogen-bond donors (Lipinski definition) is 1. The van der Waals surface area contributed by atoms with E-state index in [-0.39, 0.29) is 35.5 Å². The number of hydrogen-bond acceptors (Lipinski definition) is 5. The zero-order valence-corrected chi connectivity index (χ0v) is 27.2. The Hall–Kier alpha value is -4.34. The van der Waals surface area contributed by atoms with Gasteiger partial charge in [-0.15, -0.1) is 0 Å². The summed E-state index contributed by atoms with van der Waals surface area (Å²) in [4.78, 5) is 29.9. The third-order valence-corrected chi connectivity index (χ3v) is 9.52. The number of amides is 2. The van der Waals surface area contributed by atoms with Crippen LogP contribution in [-0.4, -0.2) is 50.9 Å². The monoisotopic (exact) mass is 647 g/mol. The Morgan fingerprint density at radius 2 is 1.49 bits per heavy atom. The van der Waals surface area contributed by atoms with E-state index in [9.17, 15) is 18.0 Å². The highest BCUT2D eigenvalue weighted by molar-refractivity contribution is 7.92. The fourth-order valence-electron chi connectivity index (χ4n) is 4.82. The Bertz CT molecular complexity index is 1670. The Labute approximate surface area is 270 Å². The summed E-state index contributed by atoms with van der Waals surface area (Å²) in [6, 6.07) is 29.8. The van der Waals surface area contributed by atoms with Crippen LogP contribution in [0.3, 0.4) is 0 Å². The van der Waals surface area contributed by atoms with Crippen molar-refractivity contribution in [3.05, 3.63) is 125 Å². The van der Waals surface area contributed by atoms with Crippen molar-refractivity contribution in [2.45, 2.75) is 50.2 Å². The van der Waals surface area contributed by atoms with E-state index in [0.717, 1.165) is 15.4 Å². The van der Waals surface area contributed by atoms with Gasteiger partial charge in [-0.05, 0) is 73.0 Å². The van der Waals surface area contributed by atoms with E-state index in [1.807, 2.05) is 56.3 Å². The Morgan fingerprint density at radius 3 is 2.11 bits per heavy atom. The van der Waals surface area contributed by atoms with E-state index in [1.165, 1.54) is 17.0 Å². The highest BCUT2D eigenvalue weighted by atomic mass is 35.5. The first kappa shape index (κ1) is 33.6. The number of ether oxygens (including phenoxy) is 1. The van der Waals surface area contributed by atoms with Gasteiger partial charge in [0.2, 0.25) is 11.8 Å². The van der Waals surface area contributed by atoms with Gasteiger partial charge in [-0.25, -0.2) is 8.42 Å². The lowest BCUT2D eigenvalue weighted by atomic mass is 10.0. The molecule has 10 heteroatoms. The number of nitrogens with one attached hydrogen (secondary N) is 1. The van der Waals surface area contributed by atoms with E-state index in [4.69, 9.17) is 16.3 Å². The summed E-state index contributed by atoms with van der Waals surface area (Å²) in [5.41, 5.74) is 1.85. The third-order valence-electron chi connectivity index (χ3n) is 7.48. The zero-order valence-electron chi connectivity index (χ0n) is 25.6. The summed E-state index contributed by atoms with van der Waals surface area (Å²) >= 11 is 6.13. The molecule has 45 heavy (non-hydrogen) atoms. The van der Waals surface area contributed by atoms with Gasteiger partial charge in [0.05, 0.1) is 17.7 Å². The average molecular weight is 648 g/mol. The van der Waals surface area contributed by atoms with Crippen molar-refractivity contribution in [1.82, 2.24) is 10.2 Å². The summed E-state index contributed by atoms with van der Waals surface area (Å²) in [7, 11) is -2.63. The SMILES string of the molecule is CC[C@H](C)NC(=O)[C@H](Cc1ccccc1)N(Cc1cccc(OC)c1)C(=O)CN(c1ccc(Cl)cc1)S(=O)(=O)c1ccccc1. The van der Waals surface area contributed by atoms with Gasteiger partial charge in [0.1, 0.15) is 18.3 Å². The molecule has 2 amide bonds. The molecule has 0 saturated carbocycles. The molecule has 0 bridgehead atoms. The Morgan fingerprint density at radius 1 is 0.867 bits per heavy atom. The van der Waals surface area contributed by atoms with Gasteiger partial charge in [-0.3, -0.25) is 13.9 Å². The van der Waals surface area contributed by atoms with E-state index >= 15 is 0 Å². The number of rotatable bonds is 14. The van der Waals surface area contributed by atoms with Crippen LogP contribution in [-0.2, 0) is 32.6 Å². The molecule has 236 valence electrons. The van der Waals surface area contributed by atoms with Crippen molar-refractivity contribution >= 4 is 39.1 Å². The molecule has 4 rings (SSSR count). The second kappa shape index (κ2) is 15.6. The van der Waals surface area contributed by atoms with Gasteiger partial charge >= 0.3 is 0 Å². The molecule has 4 aromatic carbocycles.